The molecule has 11 heavy (non-hydrogen) atoms. The van der Waals surface area contributed by atoms with E-state index in [0.717, 1.165) is 0 Å². The molecule has 0 saturated heterocycles. The lowest BCUT2D eigenvalue weighted by Crippen LogP contribution is -2.32. The summed E-state index contributed by atoms with van der Waals surface area (Å²) in [6.07, 6.45) is -1.42. The van der Waals surface area contributed by atoms with Crippen LogP contribution in [0.2, 0.25) is 0 Å². The lowest BCUT2D eigenvalue weighted by molar-refractivity contribution is -0.182. The molecule has 0 radical (unpaired) electrons. The van der Waals surface area contributed by atoms with Crippen LogP contribution in [0.4, 0.5) is 0 Å². The predicted molar refractivity (Wildman–Crippen MR) is 43.1 cm³/mol. The molecule has 0 bridgehead atoms. The molecule has 0 saturated carbocycles. The average Bonchev–Trinajstić information content (AvgIpc) is 1.53. The third-order valence-corrected chi connectivity index (χ3v) is 1.24. The number of hydrogen-bond donors (Lipinski definition) is 3. The molecule has 5 nitrogen and oxygen atoms in total. The van der Waals surface area contributed by atoms with Crippen LogP contribution in [0, 0.1) is 0 Å². The minimum atomic E-state index is -2.41. The molecular weight excluding hydrogens is 267 g/mol. The van der Waals surface area contributed by atoms with Crippen LogP contribution in [0.25, 0.3) is 0 Å². The fourth-order valence-corrected chi connectivity index (χ4v) is 1.14. The van der Waals surface area contributed by atoms with E-state index in [2.05, 4.69) is 0 Å². The molecule has 0 spiro atoms. The first-order valence-corrected chi connectivity index (χ1v) is 3.76. The Labute approximate surface area is 76.2 Å². The van der Waals surface area contributed by atoms with E-state index >= 15 is 0 Å². The first-order chi connectivity index (χ1) is 4.83. The number of hydrogen-bond acceptors (Lipinski definition) is 4. The van der Waals surface area contributed by atoms with Gasteiger partial charge in [-0.25, -0.2) is 0 Å². The van der Waals surface area contributed by atoms with Gasteiger partial charge in [-0.1, -0.05) is 0 Å². The van der Waals surface area contributed by atoms with Gasteiger partial charge in [0.1, 0.15) is 0 Å². The summed E-state index contributed by atoms with van der Waals surface area (Å²) in [7, 11) is 0. The first kappa shape index (κ1) is 10.8. The Morgan fingerprint density at radius 1 is 1.27 bits per heavy atom. The Hall–Kier alpha value is -0.210. The maximum atomic E-state index is 10.3. The minimum absolute atomic E-state index is 0.492. The number of carboxylic acid groups (broad SMARTS) is 1. The highest BCUT2D eigenvalue weighted by Gasteiger charge is 2.28. The van der Waals surface area contributed by atoms with Gasteiger partial charge in [0.15, 0.2) is 9.58 Å². The Kier molecular flexibility index (Phi) is 3.90. The quantitative estimate of drug-likeness (QED) is 0.365. The molecular formula is C5H7IO5. The molecule has 0 atom stereocenters. The third kappa shape index (κ3) is 6.20. The monoisotopic (exact) mass is 274 g/mol. The summed E-state index contributed by atoms with van der Waals surface area (Å²) in [5.74, 6) is -3.77. The number of carbonyl (C=O) groups is 2. The summed E-state index contributed by atoms with van der Waals surface area (Å²) in [5, 5.41) is 25.7. The van der Waals surface area contributed by atoms with Crippen molar-refractivity contribution in [3.05, 3.63) is 0 Å². The second-order valence-corrected chi connectivity index (χ2v) is 3.29. The SMILES string of the molecule is O=C(O)CC(O)(O)CC(=O)I. The van der Waals surface area contributed by atoms with Gasteiger partial charge in [-0.3, -0.25) is 9.59 Å². The standard InChI is InChI=1S/C5H7IO5/c6-3(7)1-5(10,11)2-4(8)9/h10-11H,1-2H2,(H,8,9). The molecule has 0 heterocycles. The summed E-state index contributed by atoms with van der Waals surface area (Å²) in [4.78, 5) is 20.3. The van der Waals surface area contributed by atoms with Gasteiger partial charge in [-0.2, -0.15) is 0 Å². The van der Waals surface area contributed by atoms with Gasteiger partial charge in [-0.15, -0.1) is 0 Å². The summed E-state index contributed by atoms with van der Waals surface area (Å²) < 4.78 is -0.492. The molecule has 0 amide bonds. The Balaban J connectivity index is 3.99. The van der Waals surface area contributed by atoms with Crippen LogP contribution in [0.5, 0.6) is 0 Å². The van der Waals surface area contributed by atoms with Crippen molar-refractivity contribution in [3.8, 4) is 0 Å². The average molecular weight is 274 g/mol. The normalized spacial score (nSPS) is 11.2. The molecule has 3 N–H and O–H groups in total. The van der Waals surface area contributed by atoms with Crippen molar-refractivity contribution in [2.24, 2.45) is 0 Å². The third-order valence-electron chi connectivity index (χ3n) is 0.856. The number of rotatable bonds is 4. The zero-order chi connectivity index (χ0) is 9.07. The molecule has 6 heteroatoms. The number of aliphatic hydroxyl groups is 2. The zero-order valence-corrected chi connectivity index (χ0v) is 7.61. The van der Waals surface area contributed by atoms with Crippen molar-refractivity contribution in [2.45, 2.75) is 18.6 Å². The Morgan fingerprint density at radius 3 is 2.00 bits per heavy atom. The molecule has 0 aromatic rings. The van der Waals surface area contributed by atoms with E-state index in [1.54, 1.807) is 0 Å². The molecule has 0 aromatic heterocycles. The van der Waals surface area contributed by atoms with Crippen LogP contribution < -0.4 is 0 Å². The van der Waals surface area contributed by atoms with Crippen molar-refractivity contribution in [1.29, 1.82) is 0 Å². The smallest absolute Gasteiger partial charge is 0.308 e. The van der Waals surface area contributed by atoms with Gasteiger partial charge < -0.3 is 15.3 Å². The van der Waals surface area contributed by atoms with Crippen molar-refractivity contribution in [3.63, 3.8) is 0 Å². The van der Waals surface area contributed by atoms with Crippen molar-refractivity contribution in [1.82, 2.24) is 0 Å². The van der Waals surface area contributed by atoms with Crippen LogP contribution in [0.3, 0.4) is 0 Å². The highest BCUT2D eigenvalue weighted by Crippen LogP contribution is 2.13. The van der Waals surface area contributed by atoms with Crippen molar-refractivity contribution in [2.75, 3.05) is 0 Å². The maximum absolute atomic E-state index is 10.3. The van der Waals surface area contributed by atoms with Crippen LogP contribution in [0.15, 0.2) is 0 Å². The number of carboxylic acids is 1. The van der Waals surface area contributed by atoms with Crippen molar-refractivity contribution < 1.29 is 24.9 Å². The van der Waals surface area contributed by atoms with Gasteiger partial charge in [0.2, 0.25) is 0 Å². The molecule has 0 aromatic carbocycles. The van der Waals surface area contributed by atoms with Gasteiger partial charge >= 0.3 is 5.97 Å². The zero-order valence-electron chi connectivity index (χ0n) is 5.45. The molecule has 0 aliphatic heterocycles. The lowest BCUT2D eigenvalue weighted by Gasteiger charge is -2.16. The van der Waals surface area contributed by atoms with Crippen molar-refractivity contribution >= 4 is 32.4 Å². The van der Waals surface area contributed by atoms with Crippen LogP contribution in [0.1, 0.15) is 12.8 Å². The van der Waals surface area contributed by atoms with E-state index in [9.17, 15) is 9.59 Å². The van der Waals surface area contributed by atoms with Crippen LogP contribution in [-0.2, 0) is 9.59 Å². The minimum Gasteiger partial charge on any atom is -0.481 e. The van der Waals surface area contributed by atoms with E-state index in [0.29, 0.717) is 0 Å². The first-order valence-electron chi connectivity index (χ1n) is 2.68. The summed E-state index contributed by atoms with van der Waals surface area (Å²) in [5.41, 5.74) is 0. The van der Waals surface area contributed by atoms with Gasteiger partial charge in [0, 0.05) is 0 Å². The fraction of sp³-hybridized carbons (Fsp3) is 0.600. The Morgan fingerprint density at radius 2 is 1.73 bits per heavy atom. The lowest BCUT2D eigenvalue weighted by atomic mass is 10.1. The van der Waals surface area contributed by atoms with E-state index < -0.39 is 28.4 Å². The maximum Gasteiger partial charge on any atom is 0.308 e. The van der Waals surface area contributed by atoms with Gasteiger partial charge in [0.25, 0.3) is 0 Å². The van der Waals surface area contributed by atoms with E-state index in [4.69, 9.17) is 15.3 Å². The summed E-state index contributed by atoms with van der Waals surface area (Å²) in [6, 6.07) is 0. The highest BCUT2D eigenvalue weighted by atomic mass is 127. The van der Waals surface area contributed by atoms with Gasteiger partial charge in [0.05, 0.1) is 12.8 Å². The largest absolute Gasteiger partial charge is 0.481 e. The van der Waals surface area contributed by atoms with E-state index in [-0.39, 0.29) is 0 Å². The summed E-state index contributed by atoms with van der Waals surface area (Å²) in [6.45, 7) is 0. The molecule has 0 fully saturated rings. The number of halogens is 1. The molecule has 0 rings (SSSR count). The fourth-order valence-electron chi connectivity index (χ4n) is 0.527. The second-order valence-electron chi connectivity index (χ2n) is 2.08. The number of carbonyl (C=O) groups excluding carboxylic acids is 1. The highest BCUT2D eigenvalue weighted by molar-refractivity contribution is 14.1. The molecule has 64 valence electrons. The van der Waals surface area contributed by atoms with Crippen LogP contribution in [-0.4, -0.2) is 30.9 Å². The molecule has 0 aliphatic carbocycles. The molecule has 0 aliphatic rings. The van der Waals surface area contributed by atoms with Crippen LogP contribution >= 0.6 is 22.6 Å². The second kappa shape index (κ2) is 3.98. The van der Waals surface area contributed by atoms with E-state index in [1.165, 1.54) is 22.6 Å². The molecule has 0 unspecified atom stereocenters. The number of aliphatic carboxylic acids is 1. The Bertz CT molecular complexity index is 158. The summed E-state index contributed by atoms with van der Waals surface area (Å²) >= 11 is 1.36. The van der Waals surface area contributed by atoms with Gasteiger partial charge in [-0.05, 0) is 22.6 Å². The van der Waals surface area contributed by atoms with E-state index in [1.807, 2.05) is 0 Å². The topological polar surface area (TPSA) is 94.8 Å². The predicted octanol–water partition coefficient (Wildman–Crippen LogP) is -0.506.